The molecule has 6 nitrogen and oxygen atoms in total. The minimum atomic E-state index is -1.36. The molecule has 1 aliphatic rings. The van der Waals surface area contributed by atoms with Crippen molar-refractivity contribution in [1.29, 1.82) is 0 Å². The van der Waals surface area contributed by atoms with E-state index in [4.69, 9.17) is 4.74 Å². The number of nitrogens with zero attached hydrogens (tertiary/aromatic N) is 1. The van der Waals surface area contributed by atoms with E-state index in [0.29, 0.717) is 5.69 Å². The maximum atomic E-state index is 13.1. The molecule has 3 amide bonds. The highest BCUT2D eigenvalue weighted by Crippen LogP contribution is 2.38. The summed E-state index contributed by atoms with van der Waals surface area (Å²) in [5.41, 5.74) is -0.700. The number of imide groups is 1. The third-order valence-corrected chi connectivity index (χ3v) is 4.47. The van der Waals surface area contributed by atoms with Crippen molar-refractivity contribution < 1.29 is 19.1 Å². The lowest BCUT2D eigenvalue weighted by molar-refractivity contribution is -0.182. The van der Waals surface area contributed by atoms with Crippen molar-refractivity contribution in [1.82, 2.24) is 4.90 Å². The van der Waals surface area contributed by atoms with E-state index in [1.165, 1.54) is 0 Å². The number of ether oxygens (including phenoxy) is 1. The van der Waals surface area contributed by atoms with Crippen LogP contribution in [0.5, 0.6) is 0 Å². The highest BCUT2D eigenvalue weighted by atomic mass is 16.6. The lowest BCUT2D eigenvalue weighted by atomic mass is 9.78. The van der Waals surface area contributed by atoms with Crippen LogP contribution in [0.15, 0.2) is 60.7 Å². The van der Waals surface area contributed by atoms with Gasteiger partial charge in [-0.3, -0.25) is 4.79 Å². The highest BCUT2D eigenvalue weighted by molar-refractivity contribution is 6.12. The van der Waals surface area contributed by atoms with E-state index < -0.39 is 29.0 Å². The molecule has 2 aromatic carbocycles. The first-order valence-corrected chi connectivity index (χ1v) is 9.18. The SMILES string of the molecule is CC(C)(C)OC(=O)[C@]1(Cc2ccccc2)CC(=O)N1C(=O)Nc1ccccc1. The van der Waals surface area contributed by atoms with Crippen LogP contribution in [0.1, 0.15) is 32.8 Å². The molecule has 3 rings (SSSR count). The predicted molar refractivity (Wildman–Crippen MR) is 106 cm³/mol. The molecule has 0 unspecified atom stereocenters. The Hall–Kier alpha value is -3.15. The minimum Gasteiger partial charge on any atom is -0.458 e. The fourth-order valence-electron chi connectivity index (χ4n) is 3.25. The van der Waals surface area contributed by atoms with Crippen molar-refractivity contribution >= 4 is 23.6 Å². The van der Waals surface area contributed by atoms with E-state index in [1.54, 1.807) is 45.0 Å². The molecule has 1 atom stereocenters. The summed E-state index contributed by atoms with van der Waals surface area (Å²) >= 11 is 0. The number of hydrogen-bond donors (Lipinski definition) is 1. The zero-order chi connectivity index (χ0) is 20.4. The average Bonchev–Trinajstić information content (AvgIpc) is 2.60. The van der Waals surface area contributed by atoms with E-state index in [9.17, 15) is 14.4 Å². The first-order chi connectivity index (χ1) is 13.2. The van der Waals surface area contributed by atoms with Gasteiger partial charge in [-0.05, 0) is 38.5 Å². The lowest BCUT2D eigenvalue weighted by Gasteiger charge is -2.48. The Morgan fingerprint density at radius 3 is 2.14 bits per heavy atom. The van der Waals surface area contributed by atoms with Crippen LogP contribution in [0.3, 0.4) is 0 Å². The maximum Gasteiger partial charge on any atom is 0.334 e. The molecule has 0 spiro atoms. The predicted octanol–water partition coefficient (Wildman–Crippen LogP) is 3.77. The number of anilines is 1. The molecule has 0 bridgehead atoms. The van der Waals surface area contributed by atoms with Gasteiger partial charge in [-0.15, -0.1) is 0 Å². The van der Waals surface area contributed by atoms with Gasteiger partial charge in [-0.1, -0.05) is 48.5 Å². The number of amides is 3. The van der Waals surface area contributed by atoms with Crippen molar-refractivity contribution in [3.63, 3.8) is 0 Å². The van der Waals surface area contributed by atoms with Gasteiger partial charge in [0.25, 0.3) is 0 Å². The molecule has 0 aromatic heterocycles. The normalized spacial score (nSPS) is 19.0. The number of nitrogens with one attached hydrogen (secondary N) is 1. The second-order valence-corrected chi connectivity index (χ2v) is 7.90. The van der Waals surface area contributed by atoms with E-state index in [2.05, 4.69) is 5.32 Å². The standard InChI is InChI=1S/C22H24N2O4/c1-21(2,3)28-19(26)22(14-16-10-6-4-7-11-16)15-18(25)24(22)20(27)23-17-12-8-5-9-13-17/h4-13H,14-15H2,1-3H3,(H,23,27)/t22-/m0/s1. The fraction of sp³-hybridized carbons (Fsp3) is 0.318. The van der Waals surface area contributed by atoms with E-state index in [0.717, 1.165) is 10.5 Å². The molecule has 1 N–H and O–H groups in total. The van der Waals surface area contributed by atoms with E-state index in [-0.39, 0.29) is 12.8 Å². The number of rotatable bonds is 4. The van der Waals surface area contributed by atoms with Crippen molar-refractivity contribution in [2.45, 2.75) is 44.8 Å². The van der Waals surface area contributed by atoms with Crippen molar-refractivity contribution in [2.75, 3.05) is 5.32 Å². The molecule has 1 aliphatic heterocycles. The first-order valence-electron chi connectivity index (χ1n) is 9.18. The zero-order valence-corrected chi connectivity index (χ0v) is 16.3. The quantitative estimate of drug-likeness (QED) is 0.647. The minimum absolute atomic E-state index is 0.0704. The molecule has 0 saturated carbocycles. The molecule has 146 valence electrons. The molecular formula is C22H24N2O4. The van der Waals surface area contributed by atoms with E-state index in [1.807, 2.05) is 36.4 Å². The molecular weight excluding hydrogens is 356 g/mol. The number of hydrogen-bond acceptors (Lipinski definition) is 4. The highest BCUT2D eigenvalue weighted by Gasteiger charge is 2.61. The number of carbonyl (C=O) groups excluding carboxylic acids is 3. The molecule has 6 heteroatoms. The van der Waals surface area contributed by atoms with Crippen LogP contribution in [-0.4, -0.2) is 33.9 Å². The van der Waals surface area contributed by atoms with Gasteiger partial charge in [-0.25, -0.2) is 14.5 Å². The number of β-lactam (4-membered cyclic amide) rings is 1. The second kappa shape index (κ2) is 7.46. The molecule has 1 saturated heterocycles. The Labute approximate surface area is 164 Å². The summed E-state index contributed by atoms with van der Waals surface area (Å²) in [5, 5.41) is 2.69. The Morgan fingerprint density at radius 1 is 1.04 bits per heavy atom. The van der Waals surface area contributed by atoms with Crippen molar-refractivity contribution in [3.05, 3.63) is 66.2 Å². The van der Waals surface area contributed by atoms with Crippen LogP contribution >= 0.6 is 0 Å². The van der Waals surface area contributed by atoms with Gasteiger partial charge < -0.3 is 10.1 Å². The van der Waals surface area contributed by atoms with Gasteiger partial charge in [-0.2, -0.15) is 0 Å². The summed E-state index contributed by atoms with van der Waals surface area (Å²) in [6.07, 6.45) is 0.135. The van der Waals surface area contributed by atoms with Crippen LogP contribution in [0.2, 0.25) is 0 Å². The summed E-state index contributed by atoms with van der Waals surface area (Å²) in [4.78, 5) is 39.3. The van der Waals surface area contributed by atoms with Gasteiger partial charge in [0.15, 0.2) is 5.54 Å². The van der Waals surface area contributed by atoms with E-state index >= 15 is 0 Å². The Morgan fingerprint density at radius 2 is 1.61 bits per heavy atom. The first kappa shape index (κ1) is 19.6. The molecule has 28 heavy (non-hydrogen) atoms. The number of likely N-dealkylation sites (tertiary alicyclic amines) is 1. The van der Waals surface area contributed by atoms with Crippen molar-refractivity contribution in [2.24, 2.45) is 0 Å². The number of urea groups is 1. The molecule has 2 aromatic rings. The van der Waals surface area contributed by atoms with Gasteiger partial charge in [0.1, 0.15) is 5.60 Å². The molecule has 0 radical (unpaired) electrons. The van der Waals surface area contributed by atoms with Gasteiger partial charge in [0.05, 0.1) is 6.42 Å². The van der Waals surface area contributed by atoms with Crippen LogP contribution in [0.4, 0.5) is 10.5 Å². The topological polar surface area (TPSA) is 75.7 Å². The number of esters is 1. The van der Waals surface area contributed by atoms with Gasteiger partial charge >= 0.3 is 12.0 Å². The number of para-hydroxylation sites is 1. The van der Waals surface area contributed by atoms with Crippen LogP contribution < -0.4 is 5.32 Å². The maximum absolute atomic E-state index is 13.1. The van der Waals surface area contributed by atoms with Crippen LogP contribution in [-0.2, 0) is 20.7 Å². The van der Waals surface area contributed by atoms with Crippen LogP contribution in [0, 0.1) is 0 Å². The number of benzene rings is 2. The Balaban J connectivity index is 1.92. The summed E-state index contributed by atoms with van der Waals surface area (Å²) in [5.74, 6) is -0.984. The third kappa shape index (κ3) is 4.06. The molecule has 1 heterocycles. The second-order valence-electron chi connectivity index (χ2n) is 7.90. The zero-order valence-electron chi connectivity index (χ0n) is 16.3. The van der Waals surface area contributed by atoms with Gasteiger partial charge in [0, 0.05) is 12.1 Å². The smallest absolute Gasteiger partial charge is 0.334 e. The van der Waals surface area contributed by atoms with Crippen molar-refractivity contribution in [3.8, 4) is 0 Å². The summed E-state index contributed by atoms with van der Waals surface area (Å²) in [6, 6.07) is 17.5. The third-order valence-electron chi connectivity index (χ3n) is 4.47. The summed E-state index contributed by atoms with van der Waals surface area (Å²) in [6.45, 7) is 5.28. The molecule has 0 aliphatic carbocycles. The number of carbonyl (C=O) groups is 3. The Bertz CT molecular complexity index is 874. The molecule has 1 fully saturated rings. The monoisotopic (exact) mass is 380 g/mol. The van der Waals surface area contributed by atoms with Gasteiger partial charge in [0.2, 0.25) is 5.91 Å². The fourth-order valence-corrected chi connectivity index (χ4v) is 3.25. The summed E-state index contributed by atoms with van der Waals surface area (Å²) < 4.78 is 5.58. The average molecular weight is 380 g/mol. The van der Waals surface area contributed by atoms with Crippen LogP contribution in [0.25, 0.3) is 0 Å². The largest absolute Gasteiger partial charge is 0.458 e. The lowest BCUT2D eigenvalue weighted by Crippen LogP contribution is -2.72. The Kier molecular flexibility index (Phi) is 5.23. The summed E-state index contributed by atoms with van der Waals surface area (Å²) in [7, 11) is 0.